The van der Waals surface area contributed by atoms with Crippen LogP contribution in [0.5, 0.6) is 0 Å². The summed E-state index contributed by atoms with van der Waals surface area (Å²) in [5, 5.41) is 0.231. The van der Waals surface area contributed by atoms with Gasteiger partial charge in [0.05, 0.1) is 23.1 Å². The molecular formula is C20H23FN2O3S. The first-order chi connectivity index (χ1) is 12.8. The number of amides is 1. The fraction of sp³-hybridized carbons (Fsp3) is 0.450. The van der Waals surface area contributed by atoms with Crippen LogP contribution in [0.4, 0.5) is 4.39 Å². The Hall–Kier alpha value is -2.15. The molecule has 0 N–H and O–H groups in total. The number of aliphatic imine (C=N–C) groups is 1. The average molecular weight is 390 g/mol. The van der Waals surface area contributed by atoms with E-state index in [1.807, 2.05) is 20.8 Å². The number of ether oxygens (including phenoxy) is 1. The summed E-state index contributed by atoms with van der Waals surface area (Å²) in [4.78, 5) is 31.7. The second kappa shape index (κ2) is 7.84. The molecule has 3 rings (SSSR count). The van der Waals surface area contributed by atoms with E-state index in [1.54, 1.807) is 25.1 Å². The number of benzene rings is 1. The quantitative estimate of drug-likeness (QED) is 0.712. The minimum atomic E-state index is -0.866. The van der Waals surface area contributed by atoms with E-state index in [1.165, 1.54) is 22.7 Å². The number of thioether (sulfide) groups is 1. The van der Waals surface area contributed by atoms with E-state index in [2.05, 4.69) is 4.99 Å². The molecule has 2 aliphatic rings. The van der Waals surface area contributed by atoms with Gasteiger partial charge in [-0.15, -0.1) is 0 Å². The Balaban J connectivity index is 2.10. The lowest BCUT2D eigenvalue weighted by Crippen LogP contribution is -2.41. The Morgan fingerprint density at radius 3 is 2.70 bits per heavy atom. The zero-order valence-electron chi connectivity index (χ0n) is 15.9. The van der Waals surface area contributed by atoms with Crippen molar-refractivity contribution in [2.24, 2.45) is 10.9 Å². The summed E-state index contributed by atoms with van der Waals surface area (Å²) >= 11 is 1.36. The molecule has 0 bridgehead atoms. The second-order valence-electron chi connectivity index (χ2n) is 7.03. The zero-order chi connectivity index (χ0) is 19.7. The van der Waals surface area contributed by atoms with Crippen molar-refractivity contribution < 1.29 is 18.7 Å². The first-order valence-electron chi connectivity index (χ1n) is 9.05. The smallest absolute Gasteiger partial charge is 0.338 e. The van der Waals surface area contributed by atoms with Crippen molar-refractivity contribution in [1.82, 2.24) is 4.90 Å². The Bertz CT molecular complexity index is 834. The van der Waals surface area contributed by atoms with Crippen LogP contribution >= 0.6 is 11.8 Å². The Labute approximate surface area is 162 Å². The number of hydrogen-bond donors (Lipinski definition) is 0. The van der Waals surface area contributed by atoms with Gasteiger partial charge in [0.25, 0.3) is 0 Å². The summed E-state index contributed by atoms with van der Waals surface area (Å²) in [5.41, 5.74) is 0.946. The van der Waals surface area contributed by atoms with Crippen molar-refractivity contribution in [2.75, 3.05) is 6.61 Å². The molecule has 1 aromatic rings. The van der Waals surface area contributed by atoms with E-state index in [4.69, 9.17) is 4.74 Å². The summed E-state index contributed by atoms with van der Waals surface area (Å²) in [7, 11) is 0. The third kappa shape index (κ3) is 3.65. The van der Waals surface area contributed by atoms with Crippen LogP contribution in [0.15, 0.2) is 40.5 Å². The van der Waals surface area contributed by atoms with Crippen molar-refractivity contribution in [3.05, 3.63) is 46.9 Å². The second-order valence-corrected chi connectivity index (χ2v) is 8.20. The van der Waals surface area contributed by atoms with Gasteiger partial charge in [-0.05, 0) is 25.3 Å². The predicted molar refractivity (Wildman–Crippen MR) is 104 cm³/mol. The SMILES string of the molecule is CCC1SC2=NC(C)=C(C(=O)OCC(C)C)C(c3ccccc3F)N2C1=O. The van der Waals surface area contributed by atoms with Gasteiger partial charge in [-0.2, -0.15) is 0 Å². The van der Waals surface area contributed by atoms with E-state index >= 15 is 0 Å². The molecule has 0 saturated carbocycles. The van der Waals surface area contributed by atoms with Gasteiger partial charge in [0.2, 0.25) is 5.91 Å². The van der Waals surface area contributed by atoms with Crippen molar-refractivity contribution in [3.8, 4) is 0 Å². The molecule has 1 fully saturated rings. The molecule has 27 heavy (non-hydrogen) atoms. The highest BCUT2D eigenvalue weighted by Gasteiger charge is 2.47. The predicted octanol–water partition coefficient (Wildman–Crippen LogP) is 4.06. The third-order valence-corrected chi connectivity index (χ3v) is 5.81. The fourth-order valence-electron chi connectivity index (χ4n) is 3.16. The largest absolute Gasteiger partial charge is 0.462 e. The maximum Gasteiger partial charge on any atom is 0.338 e. The summed E-state index contributed by atoms with van der Waals surface area (Å²) in [6.45, 7) is 7.74. The maximum absolute atomic E-state index is 14.7. The van der Waals surface area contributed by atoms with Crippen molar-refractivity contribution in [3.63, 3.8) is 0 Å². The first kappa shape index (κ1) is 19.6. The topological polar surface area (TPSA) is 59.0 Å². The molecule has 0 aliphatic carbocycles. The molecule has 0 aromatic heterocycles. The lowest BCUT2D eigenvalue weighted by molar-refractivity contribution is -0.141. The number of halogens is 1. The van der Waals surface area contributed by atoms with Crippen LogP contribution in [0.3, 0.4) is 0 Å². The zero-order valence-corrected chi connectivity index (χ0v) is 16.7. The number of fused-ring (bicyclic) bond motifs is 1. The van der Waals surface area contributed by atoms with Crippen molar-refractivity contribution >= 4 is 28.8 Å². The van der Waals surface area contributed by atoms with Gasteiger partial charge in [-0.1, -0.05) is 50.7 Å². The van der Waals surface area contributed by atoms with E-state index < -0.39 is 17.8 Å². The van der Waals surface area contributed by atoms with Crippen molar-refractivity contribution in [1.29, 1.82) is 0 Å². The molecule has 144 valence electrons. The molecule has 2 heterocycles. The minimum Gasteiger partial charge on any atom is -0.462 e. The third-order valence-electron chi connectivity index (χ3n) is 4.49. The van der Waals surface area contributed by atoms with Gasteiger partial charge in [0, 0.05) is 5.56 Å². The molecule has 5 nitrogen and oxygen atoms in total. The van der Waals surface area contributed by atoms with Crippen LogP contribution < -0.4 is 0 Å². The number of hydrogen-bond acceptors (Lipinski definition) is 5. The van der Waals surface area contributed by atoms with Gasteiger partial charge in [-0.3, -0.25) is 9.69 Å². The normalized spacial score (nSPS) is 22.2. The number of nitrogens with zero attached hydrogens (tertiary/aromatic N) is 2. The van der Waals surface area contributed by atoms with E-state index in [-0.39, 0.29) is 34.8 Å². The Morgan fingerprint density at radius 1 is 1.37 bits per heavy atom. The number of esters is 1. The summed E-state index contributed by atoms with van der Waals surface area (Å²) in [5.74, 6) is -1.02. The standard InChI is InChI=1S/C20H23FN2O3S/c1-5-15-18(24)23-17(13-8-6-7-9-14(13)21)16(12(4)22-20(23)27-15)19(25)26-10-11(2)3/h6-9,11,15,17H,5,10H2,1-4H3. The highest BCUT2D eigenvalue weighted by atomic mass is 32.2. The first-order valence-corrected chi connectivity index (χ1v) is 9.93. The molecule has 2 atom stereocenters. The lowest BCUT2D eigenvalue weighted by Gasteiger charge is -2.33. The fourth-order valence-corrected chi connectivity index (χ4v) is 4.30. The molecule has 1 saturated heterocycles. The number of rotatable bonds is 5. The highest BCUT2D eigenvalue weighted by Crippen LogP contribution is 2.44. The maximum atomic E-state index is 14.7. The molecule has 0 spiro atoms. The Kier molecular flexibility index (Phi) is 5.69. The van der Waals surface area contributed by atoms with Gasteiger partial charge in [0.1, 0.15) is 11.9 Å². The minimum absolute atomic E-state index is 0.156. The van der Waals surface area contributed by atoms with Gasteiger partial charge >= 0.3 is 5.97 Å². The molecule has 2 aliphatic heterocycles. The summed E-state index contributed by atoms with van der Waals surface area (Å²) < 4.78 is 20.1. The monoisotopic (exact) mass is 390 g/mol. The van der Waals surface area contributed by atoms with Gasteiger partial charge in [0.15, 0.2) is 5.17 Å². The summed E-state index contributed by atoms with van der Waals surface area (Å²) in [6.07, 6.45) is 0.634. The average Bonchev–Trinajstić information content (AvgIpc) is 2.94. The molecule has 7 heteroatoms. The van der Waals surface area contributed by atoms with E-state index in [0.29, 0.717) is 17.3 Å². The van der Waals surface area contributed by atoms with Gasteiger partial charge < -0.3 is 4.74 Å². The molecule has 0 radical (unpaired) electrons. The molecule has 1 amide bonds. The van der Waals surface area contributed by atoms with E-state index in [9.17, 15) is 14.0 Å². The number of carbonyl (C=O) groups excluding carboxylic acids is 2. The highest BCUT2D eigenvalue weighted by molar-refractivity contribution is 8.15. The van der Waals surface area contributed by atoms with Crippen LogP contribution in [-0.2, 0) is 14.3 Å². The van der Waals surface area contributed by atoms with Gasteiger partial charge in [-0.25, -0.2) is 14.2 Å². The van der Waals surface area contributed by atoms with Crippen LogP contribution in [-0.4, -0.2) is 33.8 Å². The van der Waals surface area contributed by atoms with Crippen LogP contribution in [0.25, 0.3) is 0 Å². The van der Waals surface area contributed by atoms with Crippen LogP contribution in [0.1, 0.15) is 45.7 Å². The molecule has 1 aromatic carbocycles. The Morgan fingerprint density at radius 2 is 2.07 bits per heavy atom. The van der Waals surface area contributed by atoms with E-state index in [0.717, 1.165) is 0 Å². The lowest BCUT2D eigenvalue weighted by atomic mass is 9.93. The number of amidine groups is 1. The van der Waals surface area contributed by atoms with Crippen molar-refractivity contribution in [2.45, 2.75) is 45.4 Å². The molecular weight excluding hydrogens is 367 g/mol. The number of allylic oxidation sites excluding steroid dienone is 1. The number of carbonyl (C=O) groups is 2. The van der Waals surface area contributed by atoms with Crippen LogP contribution in [0.2, 0.25) is 0 Å². The molecule has 2 unspecified atom stereocenters. The summed E-state index contributed by atoms with van der Waals surface area (Å²) in [6, 6.07) is 5.34. The van der Waals surface area contributed by atoms with Crippen LogP contribution in [0, 0.1) is 11.7 Å².